The molecule has 1 N–H and O–H groups in total. The van der Waals surface area contributed by atoms with Crippen LogP contribution in [0.15, 0.2) is 35.4 Å². The molecular weight excluding hydrogens is 264 g/mol. The maximum Gasteiger partial charge on any atom is 0.153 e. The Morgan fingerprint density at radius 3 is 2.52 bits per heavy atom. The zero-order valence-electron chi connectivity index (χ0n) is 13.3. The third-order valence-corrected chi connectivity index (χ3v) is 3.36. The van der Waals surface area contributed by atoms with Gasteiger partial charge in [0.2, 0.25) is 0 Å². The minimum absolute atomic E-state index is 0.0118. The third kappa shape index (κ3) is 5.10. The molecule has 1 rings (SSSR count). The third-order valence-electron chi connectivity index (χ3n) is 3.36. The summed E-state index contributed by atoms with van der Waals surface area (Å²) in [6, 6.07) is 3.28. The lowest BCUT2D eigenvalue weighted by Crippen LogP contribution is -1.95. The van der Waals surface area contributed by atoms with Gasteiger partial charge in [0.1, 0.15) is 11.5 Å². The second-order valence-corrected chi connectivity index (χ2v) is 5.38. The van der Waals surface area contributed by atoms with Gasteiger partial charge >= 0.3 is 0 Å². The number of methoxy groups -OCH3 is 1. The number of phenolic OH excluding ortho intramolecular Hbond substituents is 1. The van der Waals surface area contributed by atoms with Crippen molar-refractivity contribution < 1.29 is 14.6 Å². The molecule has 0 amide bonds. The van der Waals surface area contributed by atoms with Crippen molar-refractivity contribution in [3.8, 4) is 11.5 Å². The van der Waals surface area contributed by atoms with E-state index in [1.54, 1.807) is 19.2 Å². The van der Waals surface area contributed by atoms with Gasteiger partial charge in [-0.3, -0.25) is 4.79 Å². The lowest BCUT2D eigenvalue weighted by Gasteiger charge is -2.11. The second kappa shape index (κ2) is 8.30. The number of hydrogen-bond acceptors (Lipinski definition) is 3. The van der Waals surface area contributed by atoms with Crippen LogP contribution in [0.1, 0.15) is 49.5 Å². The van der Waals surface area contributed by atoms with Crippen molar-refractivity contribution in [3.63, 3.8) is 0 Å². The van der Waals surface area contributed by atoms with Crippen LogP contribution in [0, 0.1) is 0 Å². The molecule has 0 aliphatic carbocycles. The molecule has 0 fully saturated rings. The summed E-state index contributed by atoms with van der Waals surface area (Å²) >= 11 is 0. The van der Waals surface area contributed by atoms with E-state index < -0.39 is 0 Å². The van der Waals surface area contributed by atoms with Gasteiger partial charge in [-0.15, -0.1) is 0 Å². The average Bonchev–Trinajstić information content (AvgIpc) is 2.45. The number of aldehydes is 1. The second-order valence-electron chi connectivity index (χ2n) is 5.38. The van der Waals surface area contributed by atoms with Gasteiger partial charge in [0.25, 0.3) is 0 Å². The first kappa shape index (κ1) is 17.0. The highest BCUT2D eigenvalue weighted by Crippen LogP contribution is 2.31. The highest BCUT2D eigenvalue weighted by Gasteiger charge is 2.11. The summed E-state index contributed by atoms with van der Waals surface area (Å²) in [7, 11) is 1.56. The van der Waals surface area contributed by atoms with Crippen LogP contribution in [0.3, 0.4) is 0 Å². The van der Waals surface area contributed by atoms with E-state index in [1.807, 2.05) is 0 Å². The van der Waals surface area contributed by atoms with Crippen LogP contribution in [-0.4, -0.2) is 18.5 Å². The van der Waals surface area contributed by atoms with Crippen molar-refractivity contribution in [2.24, 2.45) is 0 Å². The molecule has 0 aliphatic rings. The summed E-state index contributed by atoms with van der Waals surface area (Å²) in [4.78, 5) is 10.9. The molecule has 0 radical (unpaired) electrons. The van der Waals surface area contributed by atoms with Gasteiger partial charge < -0.3 is 9.84 Å². The summed E-state index contributed by atoms with van der Waals surface area (Å²) in [6.45, 7) is 6.26. The molecule has 1 aromatic carbocycles. The number of carbonyl (C=O) groups is 1. The number of benzene rings is 1. The lowest BCUT2D eigenvalue weighted by atomic mass is 10.0. The maximum atomic E-state index is 10.9. The monoisotopic (exact) mass is 288 g/mol. The van der Waals surface area contributed by atoms with Crippen LogP contribution in [0.4, 0.5) is 0 Å². The van der Waals surface area contributed by atoms with Crippen molar-refractivity contribution in [2.45, 2.75) is 40.0 Å². The fourth-order valence-corrected chi connectivity index (χ4v) is 2.09. The Balaban J connectivity index is 2.86. The van der Waals surface area contributed by atoms with Crippen LogP contribution in [0.5, 0.6) is 11.5 Å². The Labute approximate surface area is 127 Å². The standard InChI is InChI=1S/C18H24O3/c1-13(2)6-5-7-14(3)8-10-16-17(21-4)11-9-15(12-19)18(16)20/h6,8-9,11-12,20H,5,7,10H2,1-4H3/b14-8+. The minimum Gasteiger partial charge on any atom is -0.507 e. The van der Waals surface area contributed by atoms with Gasteiger partial charge in [0.05, 0.1) is 12.7 Å². The van der Waals surface area contributed by atoms with Crippen molar-refractivity contribution in [1.82, 2.24) is 0 Å². The molecule has 0 saturated heterocycles. The van der Waals surface area contributed by atoms with Gasteiger partial charge in [-0.2, -0.15) is 0 Å². The van der Waals surface area contributed by atoms with E-state index in [2.05, 4.69) is 32.9 Å². The molecule has 0 aromatic heterocycles. The fourth-order valence-electron chi connectivity index (χ4n) is 2.09. The van der Waals surface area contributed by atoms with Gasteiger partial charge in [-0.25, -0.2) is 0 Å². The summed E-state index contributed by atoms with van der Waals surface area (Å²) in [5.41, 5.74) is 3.52. The predicted octanol–water partition coefficient (Wildman–Crippen LogP) is 4.45. The molecule has 0 bridgehead atoms. The number of carbonyl (C=O) groups excluding carboxylic acids is 1. The summed E-state index contributed by atoms with van der Waals surface area (Å²) in [5, 5.41) is 10.1. The first-order valence-electron chi connectivity index (χ1n) is 7.12. The SMILES string of the molecule is COc1ccc(C=O)c(O)c1C/C=C(\C)CCC=C(C)C. The van der Waals surface area contributed by atoms with E-state index in [0.717, 1.165) is 12.8 Å². The van der Waals surface area contributed by atoms with E-state index in [9.17, 15) is 9.90 Å². The largest absolute Gasteiger partial charge is 0.507 e. The number of ether oxygens (including phenoxy) is 1. The number of hydrogen-bond donors (Lipinski definition) is 1. The molecule has 3 heteroatoms. The molecule has 3 nitrogen and oxygen atoms in total. The first-order valence-corrected chi connectivity index (χ1v) is 7.12. The number of aromatic hydroxyl groups is 1. The zero-order valence-corrected chi connectivity index (χ0v) is 13.3. The van der Waals surface area contributed by atoms with Gasteiger partial charge in [-0.05, 0) is 52.2 Å². The molecule has 0 atom stereocenters. The maximum absolute atomic E-state index is 10.9. The number of allylic oxidation sites excluding steroid dienone is 4. The van der Waals surface area contributed by atoms with Gasteiger partial charge in [-0.1, -0.05) is 23.3 Å². The quantitative estimate of drug-likeness (QED) is 0.595. The molecule has 21 heavy (non-hydrogen) atoms. The van der Waals surface area contributed by atoms with Crippen LogP contribution < -0.4 is 4.74 Å². The molecule has 114 valence electrons. The van der Waals surface area contributed by atoms with Crippen molar-refractivity contribution in [2.75, 3.05) is 7.11 Å². The van der Waals surface area contributed by atoms with E-state index in [0.29, 0.717) is 29.6 Å². The van der Waals surface area contributed by atoms with E-state index >= 15 is 0 Å². The van der Waals surface area contributed by atoms with Gasteiger partial charge in [0, 0.05) is 5.56 Å². The zero-order chi connectivity index (χ0) is 15.8. The highest BCUT2D eigenvalue weighted by molar-refractivity contribution is 5.81. The van der Waals surface area contributed by atoms with Crippen LogP contribution >= 0.6 is 0 Å². The van der Waals surface area contributed by atoms with Crippen LogP contribution in [0.2, 0.25) is 0 Å². The molecule has 0 heterocycles. The topological polar surface area (TPSA) is 46.5 Å². The number of rotatable bonds is 7. The van der Waals surface area contributed by atoms with E-state index in [1.165, 1.54) is 11.1 Å². The fraction of sp³-hybridized carbons (Fsp3) is 0.389. The lowest BCUT2D eigenvalue weighted by molar-refractivity contribution is 0.112. The van der Waals surface area contributed by atoms with Crippen molar-refractivity contribution >= 4 is 6.29 Å². The van der Waals surface area contributed by atoms with Crippen LogP contribution in [-0.2, 0) is 6.42 Å². The Hall–Kier alpha value is -2.03. The summed E-state index contributed by atoms with van der Waals surface area (Å²) in [6.07, 6.45) is 7.50. The minimum atomic E-state index is 0.0118. The predicted molar refractivity (Wildman–Crippen MR) is 86.2 cm³/mol. The Bertz CT molecular complexity index is 550. The van der Waals surface area contributed by atoms with E-state index in [-0.39, 0.29) is 5.75 Å². The number of phenols is 1. The average molecular weight is 288 g/mol. The smallest absolute Gasteiger partial charge is 0.153 e. The normalized spacial score (nSPS) is 11.1. The Kier molecular flexibility index (Phi) is 6.73. The molecule has 0 saturated carbocycles. The first-order chi connectivity index (χ1) is 9.99. The molecule has 0 unspecified atom stereocenters. The van der Waals surface area contributed by atoms with Crippen molar-refractivity contribution in [1.29, 1.82) is 0 Å². The summed E-state index contributed by atoms with van der Waals surface area (Å²) < 4.78 is 5.26. The molecule has 0 spiro atoms. The molecule has 1 aromatic rings. The molecule has 0 aliphatic heterocycles. The van der Waals surface area contributed by atoms with E-state index in [4.69, 9.17) is 4.74 Å². The van der Waals surface area contributed by atoms with Gasteiger partial charge in [0.15, 0.2) is 6.29 Å². The summed E-state index contributed by atoms with van der Waals surface area (Å²) in [5.74, 6) is 0.615. The Morgan fingerprint density at radius 1 is 1.24 bits per heavy atom. The van der Waals surface area contributed by atoms with Crippen molar-refractivity contribution in [3.05, 3.63) is 46.6 Å². The van der Waals surface area contributed by atoms with Crippen LogP contribution in [0.25, 0.3) is 0 Å². The highest BCUT2D eigenvalue weighted by atomic mass is 16.5. The Morgan fingerprint density at radius 2 is 1.95 bits per heavy atom. The molecular formula is C18H24O3.